The summed E-state index contributed by atoms with van der Waals surface area (Å²) in [6.07, 6.45) is 82.3. The molecule has 0 fully saturated rings. The second kappa shape index (κ2) is 60.6. The SMILES string of the molecule is CC/C=C\C/C=C\C/C=C\C/C=C\C/C=C\C/C=C\C/C=C\C/C=C\CCCCCCC(=O)OCC(COC(=O)CCCCCCCCCCCCC)OC(=O)CCCCCCC/C=C\CCCCCCCC. The lowest BCUT2D eigenvalue weighted by Crippen LogP contribution is -2.30. The Morgan fingerprint density at radius 3 is 0.849 bits per heavy atom. The quantitative estimate of drug-likeness (QED) is 0.0261. The zero-order valence-electron chi connectivity index (χ0n) is 47.6. The largest absolute Gasteiger partial charge is 0.462 e. The van der Waals surface area contributed by atoms with Crippen LogP contribution in [0.15, 0.2) is 109 Å². The molecule has 0 aliphatic carbocycles. The molecule has 0 aliphatic heterocycles. The smallest absolute Gasteiger partial charge is 0.306 e. The summed E-state index contributed by atoms with van der Waals surface area (Å²) in [7, 11) is 0. The molecule has 0 bridgehead atoms. The van der Waals surface area contributed by atoms with Crippen LogP contribution >= 0.6 is 0 Å². The van der Waals surface area contributed by atoms with E-state index in [2.05, 4.69) is 130 Å². The van der Waals surface area contributed by atoms with Crippen molar-refractivity contribution in [1.82, 2.24) is 0 Å². The lowest BCUT2D eigenvalue weighted by molar-refractivity contribution is -0.167. The van der Waals surface area contributed by atoms with Crippen molar-refractivity contribution < 1.29 is 28.6 Å². The molecular weight excluding hydrogens is 901 g/mol. The van der Waals surface area contributed by atoms with Crippen molar-refractivity contribution in [2.75, 3.05) is 13.2 Å². The summed E-state index contributed by atoms with van der Waals surface area (Å²) in [6, 6.07) is 0. The molecule has 0 aromatic heterocycles. The van der Waals surface area contributed by atoms with Gasteiger partial charge in [-0.05, 0) is 109 Å². The Morgan fingerprint density at radius 2 is 0.534 bits per heavy atom. The van der Waals surface area contributed by atoms with E-state index in [-0.39, 0.29) is 31.1 Å². The highest BCUT2D eigenvalue weighted by Gasteiger charge is 2.19. The van der Waals surface area contributed by atoms with E-state index in [4.69, 9.17) is 14.2 Å². The molecule has 6 heteroatoms. The average molecular weight is 1010 g/mol. The monoisotopic (exact) mass is 1010 g/mol. The minimum atomic E-state index is -0.792. The van der Waals surface area contributed by atoms with Gasteiger partial charge in [0, 0.05) is 19.3 Å². The lowest BCUT2D eigenvalue weighted by Gasteiger charge is -2.18. The lowest BCUT2D eigenvalue weighted by atomic mass is 10.1. The maximum Gasteiger partial charge on any atom is 0.306 e. The van der Waals surface area contributed by atoms with Crippen molar-refractivity contribution in [3.63, 3.8) is 0 Å². The molecule has 0 saturated heterocycles. The first kappa shape index (κ1) is 69.1. The van der Waals surface area contributed by atoms with Gasteiger partial charge in [-0.2, -0.15) is 0 Å². The van der Waals surface area contributed by atoms with Gasteiger partial charge >= 0.3 is 17.9 Å². The first-order valence-electron chi connectivity index (χ1n) is 30.4. The number of ether oxygens (including phenoxy) is 3. The van der Waals surface area contributed by atoms with Crippen molar-refractivity contribution >= 4 is 17.9 Å². The van der Waals surface area contributed by atoms with Crippen LogP contribution in [-0.4, -0.2) is 37.2 Å². The topological polar surface area (TPSA) is 78.9 Å². The molecule has 416 valence electrons. The third kappa shape index (κ3) is 58.8. The normalized spacial score (nSPS) is 12.9. The summed E-state index contributed by atoms with van der Waals surface area (Å²) in [5, 5.41) is 0. The zero-order valence-corrected chi connectivity index (χ0v) is 47.6. The third-order valence-electron chi connectivity index (χ3n) is 12.8. The number of unbranched alkanes of at least 4 members (excludes halogenated alkanes) is 25. The van der Waals surface area contributed by atoms with E-state index in [0.717, 1.165) is 135 Å². The highest BCUT2D eigenvalue weighted by molar-refractivity contribution is 5.71. The molecule has 0 saturated carbocycles. The highest BCUT2D eigenvalue weighted by atomic mass is 16.6. The Balaban J connectivity index is 4.34. The summed E-state index contributed by atoms with van der Waals surface area (Å²) in [6.45, 7) is 6.49. The number of allylic oxidation sites excluding steroid dienone is 18. The van der Waals surface area contributed by atoms with Crippen LogP contribution < -0.4 is 0 Å². The number of hydrogen-bond acceptors (Lipinski definition) is 6. The number of carbonyl (C=O) groups excluding carboxylic acids is 3. The number of carbonyl (C=O) groups is 3. The van der Waals surface area contributed by atoms with Crippen LogP contribution in [-0.2, 0) is 28.6 Å². The fourth-order valence-corrected chi connectivity index (χ4v) is 8.22. The molecule has 0 heterocycles. The zero-order chi connectivity index (χ0) is 52.9. The Labute approximate surface area is 450 Å². The molecule has 1 atom stereocenters. The molecular formula is C67H112O6. The predicted molar refractivity (Wildman–Crippen MR) is 316 cm³/mol. The van der Waals surface area contributed by atoms with Crippen LogP contribution in [0.2, 0.25) is 0 Å². The van der Waals surface area contributed by atoms with Crippen molar-refractivity contribution in [3.8, 4) is 0 Å². The summed E-state index contributed by atoms with van der Waals surface area (Å²) in [4.78, 5) is 38.1. The van der Waals surface area contributed by atoms with Gasteiger partial charge in [0.2, 0.25) is 0 Å². The van der Waals surface area contributed by atoms with Crippen LogP contribution in [0.25, 0.3) is 0 Å². The van der Waals surface area contributed by atoms with Crippen molar-refractivity contribution in [3.05, 3.63) is 109 Å². The molecule has 0 amide bonds. The summed E-state index contributed by atoms with van der Waals surface area (Å²) in [5.41, 5.74) is 0. The summed E-state index contributed by atoms with van der Waals surface area (Å²) in [5.74, 6) is -0.920. The maximum atomic E-state index is 12.8. The van der Waals surface area contributed by atoms with Crippen LogP contribution in [0.1, 0.15) is 278 Å². The second-order valence-corrected chi connectivity index (χ2v) is 19.9. The second-order valence-electron chi connectivity index (χ2n) is 19.9. The minimum Gasteiger partial charge on any atom is -0.462 e. The van der Waals surface area contributed by atoms with Crippen molar-refractivity contribution in [2.45, 2.75) is 284 Å². The molecule has 0 aliphatic rings. The Hall–Kier alpha value is -3.93. The summed E-state index contributed by atoms with van der Waals surface area (Å²) < 4.78 is 16.8. The standard InChI is InChI=1S/C67H112O6/c1-4-7-10-13-16-19-22-24-26-27-28-29-30-31-32-33-34-35-36-37-38-39-41-42-45-48-51-54-57-60-66(69)72-63-64(62-71-65(68)59-56-53-50-47-44-21-18-15-12-9-6-3)73-67(70)61-58-55-52-49-46-43-40-25-23-20-17-14-11-8-5-2/h7,10,16,19,24-26,28-29,31-32,34-35,37-38,40-42,64H,4-6,8-9,11-15,17-18,20-23,27,30,33,36,39,43-63H2,1-3H3/b10-7-,19-16-,26-24-,29-28-,32-31-,35-34-,38-37-,40-25-,42-41-. The number of hydrogen-bond donors (Lipinski definition) is 0. The molecule has 1 unspecified atom stereocenters. The molecule has 73 heavy (non-hydrogen) atoms. The van der Waals surface area contributed by atoms with E-state index >= 15 is 0 Å². The van der Waals surface area contributed by atoms with Gasteiger partial charge in [0.05, 0.1) is 0 Å². The van der Waals surface area contributed by atoms with E-state index < -0.39 is 6.10 Å². The summed E-state index contributed by atoms with van der Waals surface area (Å²) >= 11 is 0. The van der Waals surface area contributed by atoms with Gasteiger partial charge in [0.25, 0.3) is 0 Å². The van der Waals surface area contributed by atoms with Crippen LogP contribution in [0, 0.1) is 0 Å². The van der Waals surface area contributed by atoms with Gasteiger partial charge in [-0.1, -0.05) is 259 Å². The van der Waals surface area contributed by atoms with Gasteiger partial charge in [-0.3, -0.25) is 14.4 Å². The van der Waals surface area contributed by atoms with Gasteiger partial charge in [-0.15, -0.1) is 0 Å². The van der Waals surface area contributed by atoms with Crippen LogP contribution in [0.4, 0.5) is 0 Å². The van der Waals surface area contributed by atoms with Crippen molar-refractivity contribution in [1.29, 1.82) is 0 Å². The van der Waals surface area contributed by atoms with Gasteiger partial charge in [-0.25, -0.2) is 0 Å². The van der Waals surface area contributed by atoms with E-state index in [1.54, 1.807) is 0 Å². The fraction of sp³-hybridized carbons (Fsp3) is 0.687. The molecule has 0 rings (SSSR count). The molecule has 0 aromatic rings. The number of esters is 3. The average Bonchev–Trinajstić information content (AvgIpc) is 3.39. The Morgan fingerprint density at radius 1 is 0.288 bits per heavy atom. The van der Waals surface area contributed by atoms with Gasteiger partial charge in [0.1, 0.15) is 13.2 Å². The maximum absolute atomic E-state index is 12.8. The fourth-order valence-electron chi connectivity index (χ4n) is 8.22. The van der Waals surface area contributed by atoms with Crippen molar-refractivity contribution in [2.24, 2.45) is 0 Å². The Kier molecular flexibility index (Phi) is 57.4. The first-order chi connectivity index (χ1) is 36.0. The van der Waals surface area contributed by atoms with Gasteiger partial charge < -0.3 is 14.2 Å². The van der Waals surface area contributed by atoms with Crippen LogP contribution in [0.3, 0.4) is 0 Å². The van der Waals surface area contributed by atoms with E-state index in [1.165, 1.54) is 103 Å². The molecule has 6 nitrogen and oxygen atoms in total. The Bertz CT molecular complexity index is 1490. The third-order valence-corrected chi connectivity index (χ3v) is 12.8. The molecule has 0 N–H and O–H groups in total. The first-order valence-corrected chi connectivity index (χ1v) is 30.4. The molecule has 0 radical (unpaired) electrons. The van der Waals surface area contributed by atoms with E-state index in [0.29, 0.717) is 19.3 Å². The molecule has 0 spiro atoms. The number of rotatable bonds is 54. The van der Waals surface area contributed by atoms with E-state index in [9.17, 15) is 14.4 Å². The van der Waals surface area contributed by atoms with Gasteiger partial charge in [0.15, 0.2) is 6.10 Å². The van der Waals surface area contributed by atoms with Crippen LogP contribution in [0.5, 0.6) is 0 Å². The molecule has 0 aromatic carbocycles. The predicted octanol–water partition coefficient (Wildman–Crippen LogP) is 20.7. The van der Waals surface area contributed by atoms with E-state index in [1.807, 2.05) is 0 Å². The highest BCUT2D eigenvalue weighted by Crippen LogP contribution is 2.15. The minimum absolute atomic E-state index is 0.0882.